The molecule has 1 N–H and O–H groups in total. The lowest BCUT2D eigenvalue weighted by Crippen LogP contribution is -2.24. The SMILES string of the molecule is COc1cc(-c2ccc(OC)c(C(F)(F)F)c2)c(S(=O)(=O)NCc2ccccc2)cc1OC. The van der Waals surface area contributed by atoms with Crippen LogP contribution in [0.3, 0.4) is 0 Å². The summed E-state index contributed by atoms with van der Waals surface area (Å²) in [6, 6.07) is 14.7. The van der Waals surface area contributed by atoms with Crippen LogP contribution in [0.1, 0.15) is 11.1 Å². The Morgan fingerprint density at radius 3 is 2.00 bits per heavy atom. The van der Waals surface area contributed by atoms with Gasteiger partial charge >= 0.3 is 6.18 Å². The van der Waals surface area contributed by atoms with Crippen molar-refractivity contribution in [3.05, 3.63) is 71.8 Å². The van der Waals surface area contributed by atoms with Crippen LogP contribution in [0.4, 0.5) is 13.2 Å². The molecule has 0 aliphatic carbocycles. The van der Waals surface area contributed by atoms with Crippen molar-refractivity contribution in [1.82, 2.24) is 4.72 Å². The van der Waals surface area contributed by atoms with E-state index in [1.807, 2.05) is 0 Å². The van der Waals surface area contributed by atoms with Gasteiger partial charge in [0.05, 0.1) is 31.8 Å². The maximum Gasteiger partial charge on any atom is 0.419 e. The highest BCUT2D eigenvalue weighted by atomic mass is 32.2. The fourth-order valence-corrected chi connectivity index (χ4v) is 4.50. The third kappa shape index (κ3) is 5.40. The number of alkyl halides is 3. The van der Waals surface area contributed by atoms with Gasteiger partial charge in [0.2, 0.25) is 10.0 Å². The van der Waals surface area contributed by atoms with Crippen molar-refractivity contribution in [1.29, 1.82) is 0 Å². The largest absolute Gasteiger partial charge is 0.496 e. The Morgan fingerprint density at radius 1 is 0.818 bits per heavy atom. The van der Waals surface area contributed by atoms with Crippen molar-refractivity contribution in [3.8, 4) is 28.4 Å². The van der Waals surface area contributed by atoms with Crippen LogP contribution in [0.2, 0.25) is 0 Å². The lowest BCUT2D eigenvalue weighted by Gasteiger charge is -2.18. The maximum atomic E-state index is 13.6. The highest BCUT2D eigenvalue weighted by Gasteiger charge is 2.35. The number of benzene rings is 3. The monoisotopic (exact) mass is 481 g/mol. The molecule has 0 bridgehead atoms. The van der Waals surface area contributed by atoms with Crippen molar-refractivity contribution in [2.45, 2.75) is 17.6 Å². The summed E-state index contributed by atoms with van der Waals surface area (Å²) in [5, 5.41) is 0. The van der Waals surface area contributed by atoms with Crippen LogP contribution >= 0.6 is 0 Å². The molecule has 0 aliphatic rings. The van der Waals surface area contributed by atoms with E-state index in [0.29, 0.717) is 5.56 Å². The summed E-state index contributed by atoms with van der Waals surface area (Å²) in [5.74, 6) is -0.0943. The Kier molecular flexibility index (Phi) is 7.19. The van der Waals surface area contributed by atoms with E-state index < -0.39 is 21.8 Å². The Hall–Kier alpha value is -3.24. The summed E-state index contributed by atoms with van der Waals surface area (Å²) < 4.78 is 85.0. The molecule has 3 rings (SSSR count). The first-order valence-corrected chi connectivity index (χ1v) is 11.1. The molecule has 0 unspecified atom stereocenters. The molecule has 10 heteroatoms. The summed E-state index contributed by atoms with van der Waals surface area (Å²) in [6.45, 7) is -0.00658. The van der Waals surface area contributed by atoms with Gasteiger partial charge < -0.3 is 14.2 Å². The number of rotatable bonds is 8. The lowest BCUT2D eigenvalue weighted by atomic mass is 10.0. The fraction of sp³-hybridized carbons (Fsp3) is 0.217. The third-order valence-electron chi connectivity index (χ3n) is 4.90. The maximum absolute atomic E-state index is 13.6. The minimum Gasteiger partial charge on any atom is -0.496 e. The summed E-state index contributed by atoms with van der Waals surface area (Å²) in [6.07, 6.45) is -4.71. The molecule has 33 heavy (non-hydrogen) atoms. The topological polar surface area (TPSA) is 73.9 Å². The van der Waals surface area contributed by atoms with Crippen molar-refractivity contribution < 1.29 is 35.8 Å². The van der Waals surface area contributed by atoms with Gasteiger partial charge in [0, 0.05) is 18.2 Å². The molecule has 0 aromatic heterocycles. The molecule has 0 heterocycles. The van der Waals surface area contributed by atoms with E-state index in [0.717, 1.165) is 19.2 Å². The second-order valence-electron chi connectivity index (χ2n) is 6.93. The van der Waals surface area contributed by atoms with E-state index in [1.165, 1.54) is 32.4 Å². The highest BCUT2D eigenvalue weighted by Crippen LogP contribution is 2.42. The van der Waals surface area contributed by atoms with Crippen LogP contribution in [0, 0.1) is 0 Å². The predicted octanol–water partition coefficient (Wildman–Crippen LogP) is 4.88. The van der Waals surface area contributed by atoms with Gasteiger partial charge in [-0.05, 0) is 29.3 Å². The molecule has 0 fully saturated rings. The number of methoxy groups -OCH3 is 3. The number of nitrogens with one attached hydrogen (secondary N) is 1. The van der Waals surface area contributed by atoms with E-state index in [4.69, 9.17) is 14.2 Å². The van der Waals surface area contributed by atoms with Gasteiger partial charge in [-0.2, -0.15) is 13.2 Å². The van der Waals surface area contributed by atoms with Crippen LogP contribution in [0.5, 0.6) is 17.2 Å². The molecule has 6 nitrogen and oxygen atoms in total. The second-order valence-corrected chi connectivity index (χ2v) is 8.66. The molecule has 3 aromatic carbocycles. The van der Waals surface area contributed by atoms with Gasteiger partial charge in [-0.3, -0.25) is 0 Å². The van der Waals surface area contributed by atoms with Gasteiger partial charge in [-0.25, -0.2) is 13.1 Å². The Bertz CT molecular complexity index is 1230. The average molecular weight is 481 g/mol. The third-order valence-corrected chi connectivity index (χ3v) is 6.34. The van der Waals surface area contributed by atoms with E-state index in [2.05, 4.69) is 4.72 Å². The van der Waals surface area contributed by atoms with Crippen molar-refractivity contribution in [2.24, 2.45) is 0 Å². The van der Waals surface area contributed by atoms with Crippen LogP contribution in [0.15, 0.2) is 65.6 Å². The van der Waals surface area contributed by atoms with Crippen molar-refractivity contribution in [3.63, 3.8) is 0 Å². The molecule has 0 saturated heterocycles. The first kappa shape index (κ1) is 24.4. The van der Waals surface area contributed by atoms with Gasteiger partial charge in [-0.15, -0.1) is 0 Å². The summed E-state index contributed by atoms with van der Waals surface area (Å²) in [7, 11) is -0.348. The van der Waals surface area contributed by atoms with Crippen molar-refractivity contribution in [2.75, 3.05) is 21.3 Å². The summed E-state index contributed by atoms with van der Waals surface area (Å²) >= 11 is 0. The van der Waals surface area contributed by atoms with E-state index in [9.17, 15) is 21.6 Å². The minimum absolute atomic E-state index is 0.00658. The summed E-state index contributed by atoms with van der Waals surface area (Å²) in [5.41, 5.74) is -0.282. The van der Waals surface area contributed by atoms with E-state index >= 15 is 0 Å². The van der Waals surface area contributed by atoms with Gasteiger partial charge in [0.15, 0.2) is 11.5 Å². The number of hydrogen-bond acceptors (Lipinski definition) is 5. The van der Waals surface area contributed by atoms with Crippen LogP contribution in [-0.4, -0.2) is 29.7 Å². The zero-order chi connectivity index (χ0) is 24.2. The first-order chi connectivity index (χ1) is 15.6. The molecular formula is C23H22F3NO5S. The number of hydrogen-bond donors (Lipinski definition) is 1. The molecule has 0 saturated carbocycles. The number of sulfonamides is 1. The highest BCUT2D eigenvalue weighted by molar-refractivity contribution is 7.89. The Morgan fingerprint density at radius 2 is 1.42 bits per heavy atom. The Balaban J connectivity index is 2.17. The van der Waals surface area contributed by atoms with Crippen LogP contribution < -0.4 is 18.9 Å². The zero-order valence-electron chi connectivity index (χ0n) is 18.1. The predicted molar refractivity (Wildman–Crippen MR) is 117 cm³/mol. The van der Waals surface area contributed by atoms with E-state index in [-0.39, 0.29) is 39.8 Å². The van der Waals surface area contributed by atoms with E-state index in [1.54, 1.807) is 30.3 Å². The molecule has 0 atom stereocenters. The first-order valence-electron chi connectivity index (χ1n) is 9.66. The van der Waals surface area contributed by atoms with Gasteiger partial charge in [0.1, 0.15) is 5.75 Å². The molecular weight excluding hydrogens is 459 g/mol. The average Bonchev–Trinajstić information content (AvgIpc) is 2.81. The molecule has 0 spiro atoms. The zero-order valence-corrected chi connectivity index (χ0v) is 18.9. The molecule has 3 aromatic rings. The molecule has 0 amide bonds. The number of halogens is 3. The smallest absolute Gasteiger partial charge is 0.419 e. The van der Waals surface area contributed by atoms with Crippen molar-refractivity contribution >= 4 is 10.0 Å². The minimum atomic E-state index is -4.71. The standard InChI is InChI=1S/C23H22F3NO5S/c1-30-19-10-9-16(11-18(19)23(24,25)26)17-12-20(31-2)21(32-3)13-22(17)33(28,29)27-14-15-7-5-4-6-8-15/h4-13,27H,14H2,1-3H3. The second kappa shape index (κ2) is 9.72. The Labute approximate surface area is 190 Å². The lowest BCUT2D eigenvalue weighted by molar-refractivity contribution is -0.138. The molecule has 0 aliphatic heterocycles. The van der Waals surface area contributed by atoms with Gasteiger partial charge in [-0.1, -0.05) is 36.4 Å². The normalized spacial score (nSPS) is 11.8. The summed E-state index contributed by atoms with van der Waals surface area (Å²) in [4.78, 5) is -0.255. The fourth-order valence-electron chi connectivity index (χ4n) is 3.26. The molecule has 0 radical (unpaired) electrons. The quantitative estimate of drug-likeness (QED) is 0.497. The van der Waals surface area contributed by atoms with Crippen LogP contribution in [0.25, 0.3) is 11.1 Å². The molecule has 176 valence electrons. The number of ether oxygens (including phenoxy) is 3. The van der Waals surface area contributed by atoms with Gasteiger partial charge in [0.25, 0.3) is 0 Å². The van der Waals surface area contributed by atoms with Crippen LogP contribution in [-0.2, 0) is 22.7 Å².